The minimum absolute atomic E-state index is 0.283. The van der Waals surface area contributed by atoms with Gasteiger partial charge in [0.2, 0.25) is 0 Å². The fourth-order valence-corrected chi connectivity index (χ4v) is 4.04. The lowest BCUT2D eigenvalue weighted by molar-refractivity contribution is 0.272. The minimum Gasteiger partial charge on any atom is -0.486 e. The van der Waals surface area contributed by atoms with Crippen molar-refractivity contribution >= 4 is 21.7 Å². The second-order valence-electron chi connectivity index (χ2n) is 7.21. The van der Waals surface area contributed by atoms with E-state index in [4.69, 9.17) is 14.9 Å². The molecule has 0 radical (unpaired) electrons. The highest BCUT2D eigenvalue weighted by molar-refractivity contribution is 9.10. The molecule has 0 bridgehead atoms. The Hall–Kier alpha value is -2.78. The Morgan fingerprint density at radius 3 is 2.59 bits per heavy atom. The Kier molecular flexibility index (Phi) is 5.86. The number of nitrogens with zero attached hydrogens (tertiary/aromatic N) is 2. The summed E-state index contributed by atoms with van der Waals surface area (Å²) in [6.45, 7) is 0.312. The molecule has 0 spiro atoms. The molecule has 2 N–H and O–H groups in total. The molecule has 6 heteroatoms. The first-order valence-corrected chi connectivity index (χ1v) is 10.6. The van der Waals surface area contributed by atoms with Gasteiger partial charge in [0.15, 0.2) is 0 Å². The SMILES string of the molecule is N#Cc1c(N)nc2c(c1-c1ccc(COc3ccc(Br)cc3)o1)CCCCCC2. The summed E-state index contributed by atoms with van der Waals surface area (Å²) in [5.41, 5.74) is 9.44. The Bertz CT molecular complexity index is 1050. The first kappa shape index (κ1) is 19.5. The molecule has 0 saturated heterocycles. The van der Waals surface area contributed by atoms with Gasteiger partial charge >= 0.3 is 0 Å². The van der Waals surface area contributed by atoms with Crippen LogP contribution in [0.3, 0.4) is 0 Å². The zero-order valence-corrected chi connectivity index (χ0v) is 17.7. The molecule has 3 aromatic rings. The molecule has 0 saturated carbocycles. The average molecular weight is 452 g/mol. The number of rotatable bonds is 4. The third-order valence-corrected chi connectivity index (χ3v) is 5.75. The standard InChI is InChI=1S/C23H22BrN3O2/c24-15-7-9-16(10-8-15)28-14-17-11-12-21(29-17)22-18-5-3-1-2-4-6-20(18)27-23(26)19(22)13-25/h7-12H,1-6,14H2,(H2,26,27). The van der Waals surface area contributed by atoms with Gasteiger partial charge in [0, 0.05) is 15.7 Å². The molecule has 4 rings (SSSR count). The van der Waals surface area contributed by atoms with Crippen molar-refractivity contribution in [2.45, 2.75) is 45.1 Å². The van der Waals surface area contributed by atoms with Crippen LogP contribution in [0.15, 0.2) is 45.3 Å². The monoisotopic (exact) mass is 451 g/mol. The number of nitrogens with two attached hydrogens (primary N) is 1. The number of pyridine rings is 1. The van der Waals surface area contributed by atoms with Crippen LogP contribution in [-0.2, 0) is 19.4 Å². The van der Waals surface area contributed by atoms with Crippen molar-refractivity contribution < 1.29 is 9.15 Å². The van der Waals surface area contributed by atoms with E-state index in [-0.39, 0.29) is 5.82 Å². The van der Waals surface area contributed by atoms with Crippen molar-refractivity contribution in [3.8, 4) is 23.1 Å². The van der Waals surface area contributed by atoms with Crippen molar-refractivity contribution in [1.82, 2.24) is 4.98 Å². The largest absolute Gasteiger partial charge is 0.486 e. The number of fused-ring (bicyclic) bond motifs is 1. The molecule has 29 heavy (non-hydrogen) atoms. The third kappa shape index (κ3) is 4.30. The number of nitriles is 1. The average Bonchev–Trinajstić information content (AvgIpc) is 3.17. The summed E-state index contributed by atoms with van der Waals surface area (Å²) in [5.74, 6) is 2.40. The van der Waals surface area contributed by atoms with E-state index in [1.165, 1.54) is 12.8 Å². The molecule has 2 heterocycles. The number of nitrogen functional groups attached to an aromatic ring is 1. The Morgan fingerprint density at radius 1 is 1.07 bits per heavy atom. The van der Waals surface area contributed by atoms with E-state index in [2.05, 4.69) is 27.0 Å². The molecule has 0 amide bonds. The van der Waals surface area contributed by atoms with Gasteiger partial charge in [0.05, 0.1) is 0 Å². The Labute approximate surface area is 178 Å². The van der Waals surface area contributed by atoms with Crippen LogP contribution < -0.4 is 10.5 Å². The van der Waals surface area contributed by atoms with E-state index in [0.29, 0.717) is 23.7 Å². The zero-order valence-electron chi connectivity index (χ0n) is 16.1. The van der Waals surface area contributed by atoms with Gasteiger partial charge in [-0.2, -0.15) is 5.26 Å². The lowest BCUT2D eigenvalue weighted by Crippen LogP contribution is -2.09. The van der Waals surface area contributed by atoms with Crippen LogP contribution in [0.4, 0.5) is 5.82 Å². The van der Waals surface area contributed by atoms with E-state index < -0.39 is 0 Å². The molecule has 1 aliphatic carbocycles. The molecule has 1 aliphatic rings. The van der Waals surface area contributed by atoms with Crippen LogP contribution in [0.1, 0.15) is 48.3 Å². The number of ether oxygens (including phenoxy) is 1. The normalized spacial score (nSPS) is 13.8. The van der Waals surface area contributed by atoms with Crippen LogP contribution in [-0.4, -0.2) is 4.98 Å². The first-order chi connectivity index (χ1) is 14.2. The maximum atomic E-state index is 9.73. The van der Waals surface area contributed by atoms with E-state index in [9.17, 15) is 5.26 Å². The van der Waals surface area contributed by atoms with Gasteiger partial charge in [-0.15, -0.1) is 0 Å². The first-order valence-electron chi connectivity index (χ1n) is 9.84. The van der Waals surface area contributed by atoms with Crippen LogP contribution in [0.2, 0.25) is 0 Å². The molecule has 5 nitrogen and oxygen atoms in total. The zero-order chi connectivity index (χ0) is 20.2. The molecule has 0 aliphatic heterocycles. The maximum Gasteiger partial charge on any atom is 0.146 e. The number of aromatic nitrogens is 1. The van der Waals surface area contributed by atoms with Crippen molar-refractivity contribution in [1.29, 1.82) is 5.26 Å². The Balaban J connectivity index is 1.65. The Morgan fingerprint density at radius 2 is 1.83 bits per heavy atom. The highest BCUT2D eigenvalue weighted by atomic mass is 79.9. The van der Waals surface area contributed by atoms with Crippen molar-refractivity contribution in [2.75, 3.05) is 5.73 Å². The van der Waals surface area contributed by atoms with Crippen LogP contribution in [0, 0.1) is 11.3 Å². The molecular formula is C23H22BrN3O2. The lowest BCUT2D eigenvalue weighted by Gasteiger charge is -2.18. The maximum absolute atomic E-state index is 9.73. The van der Waals surface area contributed by atoms with E-state index >= 15 is 0 Å². The van der Waals surface area contributed by atoms with Crippen LogP contribution >= 0.6 is 15.9 Å². The van der Waals surface area contributed by atoms with Gasteiger partial charge in [-0.25, -0.2) is 4.98 Å². The minimum atomic E-state index is 0.283. The summed E-state index contributed by atoms with van der Waals surface area (Å²) in [5, 5.41) is 9.73. The molecule has 148 valence electrons. The van der Waals surface area contributed by atoms with E-state index in [1.54, 1.807) is 0 Å². The summed E-state index contributed by atoms with van der Waals surface area (Å²) in [7, 11) is 0. The second kappa shape index (κ2) is 8.71. The number of aryl methyl sites for hydroxylation is 1. The number of hydrogen-bond acceptors (Lipinski definition) is 5. The van der Waals surface area contributed by atoms with Gasteiger partial charge in [-0.05, 0) is 67.6 Å². The van der Waals surface area contributed by atoms with Gasteiger partial charge in [0.1, 0.15) is 41.3 Å². The number of furan rings is 1. The summed E-state index contributed by atoms with van der Waals surface area (Å²) in [6.07, 6.45) is 6.34. The lowest BCUT2D eigenvalue weighted by atomic mass is 9.90. The van der Waals surface area contributed by atoms with Crippen molar-refractivity contribution in [2.24, 2.45) is 0 Å². The van der Waals surface area contributed by atoms with Gasteiger partial charge in [-0.1, -0.05) is 28.8 Å². The van der Waals surface area contributed by atoms with Crippen molar-refractivity contribution in [3.05, 3.63) is 63.5 Å². The summed E-state index contributed by atoms with van der Waals surface area (Å²) in [6, 6.07) is 13.7. The quantitative estimate of drug-likeness (QED) is 0.541. The summed E-state index contributed by atoms with van der Waals surface area (Å²) < 4.78 is 12.9. The molecule has 0 unspecified atom stereocenters. The van der Waals surface area contributed by atoms with E-state index in [0.717, 1.165) is 52.7 Å². The highest BCUT2D eigenvalue weighted by Crippen LogP contribution is 2.36. The predicted molar refractivity (Wildman–Crippen MR) is 115 cm³/mol. The highest BCUT2D eigenvalue weighted by Gasteiger charge is 2.23. The number of halogens is 1. The third-order valence-electron chi connectivity index (χ3n) is 5.22. The fourth-order valence-electron chi connectivity index (χ4n) is 3.78. The topological polar surface area (TPSA) is 85.1 Å². The van der Waals surface area contributed by atoms with E-state index in [1.807, 2.05) is 36.4 Å². The van der Waals surface area contributed by atoms with Crippen LogP contribution in [0.25, 0.3) is 11.3 Å². The fraction of sp³-hybridized carbons (Fsp3) is 0.304. The van der Waals surface area contributed by atoms with Crippen LogP contribution in [0.5, 0.6) is 5.75 Å². The number of benzene rings is 1. The predicted octanol–water partition coefficient (Wildman–Crippen LogP) is 5.80. The molecule has 2 aromatic heterocycles. The molecular weight excluding hydrogens is 430 g/mol. The number of hydrogen-bond donors (Lipinski definition) is 1. The second-order valence-corrected chi connectivity index (χ2v) is 8.12. The summed E-state index contributed by atoms with van der Waals surface area (Å²) in [4.78, 5) is 4.55. The summed E-state index contributed by atoms with van der Waals surface area (Å²) >= 11 is 3.41. The molecule has 0 fully saturated rings. The molecule has 0 atom stereocenters. The van der Waals surface area contributed by atoms with Gasteiger partial charge in [-0.3, -0.25) is 0 Å². The number of anilines is 1. The smallest absolute Gasteiger partial charge is 0.146 e. The van der Waals surface area contributed by atoms with Gasteiger partial charge in [0.25, 0.3) is 0 Å². The van der Waals surface area contributed by atoms with Gasteiger partial charge < -0.3 is 14.9 Å². The molecule has 1 aromatic carbocycles. The van der Waals surface area contributed by atoms with Crippen molar-refractivity contribution in [3.63, 3.8) is 0 Å².